The first-order chi connectivity index (χ1) is 7.07. The lowest BCUT2D eigenvalue weighted by Crippen LogP contribution is -2.35. The molecule has 0 saturated heterocycles. The summed E-state index contributed by atoms with van der Waals surface area (Å²) in [6.07, 6.45) is 0. The summed E-state index contributed by atoms with van der Waals surface area (Å²) >= 11 is 0. The zero-order valence-electron chi connectivity index (χ0n) is 9.58. The zero-order chi connectivity index (χ0) is 11.5. The first-order valence-electron chi connectivity index (χ1n) is 5.03. The third kappa shape index (κ3) is 2.30. The molecule has 3 heteroatoms. The van der Waals surface area contributed by atoms with Gasteiger partial charge in [-0.25, -0.2) is 0 Å². The Morgan fingerprint density at radius 2 is 2.13 bits per heavy atom. The second-order valence-electron chi connectivity index (χ2n) is 4.13. The number of hydrogen-bond acceptors (Lipinski definition) is 3. The van der Waals surface area contributed by atoms with Gasteiger partial charge in [-0.3, -0.25) is 0 Å². The summed E-state index contributed by atoms with van der Waals surface area (Å²) in [6.45, 7) is 4.34. The van der Waals surface area contributed by atoms with E-state index in [1.807, 2.05) is 32.0 Å². The molecular weight excluding hydrogens is 190 g/mol. The van der Waals surface area contributed by atoms with E-state index in [0.29, 0.717) is 6.54 Å². The molecule has 0 saturated carbocycles. The molecule has 0 radical (unpaired) electrons. The monoisotopic (exact) mass is 209 g/mol. The number of ether oxygens (including phenoxy) is 1. The predicted molar refractivity (Wildman–Crippen MR) is 61.2 cm³/mol. The molecule has 0 fully saturated rings. The van der Waals surface area contributed by atoms with E-state index in [2.05, 4.69) is 0 Å². The average molecular weight is 209 g/mol. The number of aliphatic hydroxyl groups is 1. The highest BCUT2D eigenvalue weighted by molar-refractivity contribution is 5.42. The predicted octanol–water partition coefficient (Wildman–Crippen LogP) is 1.21. The van der Waals surface area contributed by atoms with Crippen molar-refractivity contribution in [1.82, 2.24) is 0 Å². The van der Waals surface area contributed by atoms with Crippen LogP contribution in [0.4, 0.5) is 0 Å². The van der Waals surface area contributed by atoms with Gasteiger partial charge in [0, 0.05) is 17.5 Å². The summed E-state index contributed by atoms with van der Waals surface area (Å²) in [5.74, 6) is 0.789. The van der Waals surface area contributed by atoms with Crippen molar-refractivity contribution in [3.8, 4) is 5.75 Å². The van der Waals surface area contributed by atoms with Gasteiger partial charge in [0.05, 0.1) is 13.7 Å². The number of nitrogens with two attached hydrogens (primary N) is 1. The van der Waals surface area contributed by atoms with Gasteiger partial charge in [-0.2, -0.15) is 0 Å². The van der Waals surface area contributed by atoms with Gasteiger partial charge in [-0.05, 0) is 18.6 Å². The SMILES string of the molecule is COc1cc(C)ccc1C(C)(CN)CO. The van der Waals surface area contributed by atoms with Crippen LogP contribution in [0.1, 0.15) is 18.1 Å². The van der Waals surface area contributed by atoms with Gasteiger partial charge in [-0.1, -0.05) is 19.1 Å². The van der Waals surface area contributed by atoms with Crippen LogP contribution >= 0.6 is 0 Å². The lowest BCUT2D eigenvalue weighted by atomic mass is 9.82. The molecule has 0 aromatic heterocycles. The number of hydrogen-bond donors (Lipinski definition) is 2. The number of rotatable bonds is 4. The van der Waals surface area contributed by atoms with Gasteiger partial charge >= 0.3 is 0 Å². The Labute approximate surface area is 90.9 Å². The standard InChI is InChI=1S/C12H19NO2/c1-9-4-5-10(11(6-9)15-3)12(2,7-13)8-14/h4-6,14H,7-8,13H2,1-3H3. The molecule has 1 aromatic rings. The van der Waals surface area contributed by atoms with Crippen molar-refractivity contribution in [1.29, 1.82) is 0 Å². The van der Waals surface area contributed by atoms with Crippen molar-refractivity contribution in [2.45, 2.75) is 19.3 Å². The van der Waals surface area contributed by atoms with Crippen LogP contribution in [-0.2, 0) is 5.41 Å². The quantitative estimate of drug-likeness (QED) is 0.783. The highest BCUT2D eigenvalue weighted by Gasteiger charge is 2.27. The maximum absolute atomic E-state index is 9.39. The number of methoxy groups -OCH3 is 1. The smallest absolute Gasteiger partial charge is 0.123 e. The maximum Gasteiger partial charge on any atom is 0.123 e. The van der Waals surface area contributed by atoms with Crippen LogP contribution < -0.4 is 10.5 Å². The largest absolute Gasteiger partial charge is 0.496 e. The third-order valence-corrected chi connectivity index (χ3v) is 2.81. The highest BCUT2D eigenvalue weighted by Crippen LogP contribution is 2.31. The fraction of sp³-hybridized carbons (Fsp3) is 0.500. The van der Waals surface area contributed by atoms with E-state index in [1.54, 1.807) is 7.11 Å². The Morgan fingerprint density at radius 3 is 2.60 bits per heavy atom. The number of aliphatic hydroxyl groups excluding tert-OH is 1. The minimum Gasteiger partial charge on any atom is -0.496 e. The summed E-state index contributed by atoms with van der Waals surface area (Å²) < 4.78 is 5.31. The zero-order valence-corrected chi connectivity index (χ0v) is 9.58. The molecule has 84 valence electrons. The topological polar surface area (TPSA) is 55.5 Å². The maximum atomic E-state index is 9.39. The van der Waals surface area contributed by atoms with Gasteiger partial charge in [-0.15, -0.1) is 0 Å². The molecule has 3 N–H and O–H groups in total. The van der Waals surface area contributed by atoms with E-state index in [-0.39, 0.29) is 6.61 Å². The lowest BCUT2D eigenvalue weighted by molar-refractivity contribution is 0.206. The van der Waals surface area contributed by atoms with Crippen LogP contribution in [0, 0.1) is 6.92 Å². The van der Waals surface area contributed by atoms with Gasteiger partial charge in [0.2, 0.25) is 0 Å². The summed E-state index contributed by atoms with van der Waals surface area (Å²) in [6, 6.07) is 5.93. The van der Waals surface area contributed by atoms with E-state index >= 15 is 0 Å². The summed E-state index contributed by atoms with van der Waals surface area (Å²) in [7, 11) is 1.63. The van der Waals surface area contributed by atoms with E-state index in [4.69, 9.17) is 10.5 Å². The van der Waals surface area contributed by atoms with Crippen molar-refractivity contribution >= 4 is 0 Å². The molecule has 1 aromatic carbocycles. The molecule has 0 amide bonds. The normalized spacial score (nSPS) is 14.7. The van der Waals surface area contributed by atoms with Crippen molar-refractivity contribution in [2.75, 3.05) is 20.3 Å². The van der Waals surface area contributed by atoms with Crippen molar-refractivity contribution in [3.05, 3.63) is 29.3 Å². The Hall–Kier alpha value is -1.06. The third-order valence-electron chi connectivity index (χ3n) is 2.81. The van der Waals surface area contributed by atoms with Gasteiger partial charge in [0.15, 0.2) is 0 Å². The van der Waals surface area contributed by atoms with E-state index in [1.165, 1.54) is 0 Å². The van der Waals surface area contributed by atoms with Gasteiger partial charge < -0.3 is 15.6 Å². The van der Waals surface area contributed by atoms with Gasteiger partial charge in [0.25, 0.3) is 0 Å². The minimum absolute atomic E-state index is 0.0168. The fourth-order valence-electron chi connectivity index (χ4n) is 1.56. The Balaban J connectivity index is 3.23. The van der Waals surface area contributed by atoms with Crippen LogP contribution in [0.2, 0.25) is 0 Å². The molecule has 1 rings (SSSR count). The molecule has 3 nitrogen and oxygen atoms in total. The van der Waals surface area contributed by atoms with E-state index in [0.717, 1.165) is 16.9 Å². The number of aryl methyl sites for hydroxylation is 1. The first kappa shape index (κ1) is 12.0. The fourth-order valence-corrected chi connectivity index (χ4v) is 1.56. The second-order valence-corrected chi connectivity index (χ2v) is 4.13. The van der Waals surface area contributed by atoms with Crippen LogP contribution in [0.5, 0.6) is 5.75 Å². The molecule has 1 atom stereocenters. The molecule has 15 heavy (non-hydrogen) atoms. The van der Waals surface area contributed by atoms with E-state index in [9.17, 15) is 5.11 Å². The minimum atomic E-state index is -0.432. The summed E-state index contributed by atoms with van der Waals surface area (Å²) in [5, 5.41) is 9.39. The van der Waals surface area contributed by atoms with Crippen molar-refractivity contribution in [3.63, 3.8) is 0 Å². The van der Waals surface area contributed by atoms with Crippen LogP contribution in [0.25, 0.3) is 0 Å². The van der Waals surface area contributed by atoms with Crippen LogP contribution in [-0.4, -0.2) is 25.4 Å². The Bertz CT molecular complexity index is 332. The molecule has 0 aliphatic heterocycles. The highest BCUT2D eigenvalue weighted by atomic mass is 16.5. The second kappa shape index (κ2) is 4.64. The lowest BCUT2D eigenvalue weighted by Gasteiger charge is -2.27. The molecule has 0 aliphatic rings. The molecular formula is C12H19NO2. The summed E-state index contributed by atoms with van der Waals surface area (Å²) in [4.78, 5) is 0. The summed E-state index contributed by atoms with van der Waals surface area (Å²) in [5.41, 5.74) is 7.36. The van der Waals surface area contributed by atoms with E-state index < -0.39 is 5.41 Å². The Kier molecular flexibility index (Phi) is 3.72. The average Bonchev–Trinajstić information content (AvgIpc) is 2.27. The molecule has 0 heterocycles. The molecule has 0 aliphatic carbocycles. The molecule has 0 bridgehead atoms. The van der Waals surface area contributed by atoms with Crippen molar-refractivity contribution in [2.24, 2.45) is 5.73 Å². The number of benzene rings is 1. The van der Waals surface area contributed by atoms with Gasteiger partial charge in [0.1, 0.15) is 5.75 Å². The first-order valence-corrected chi connectivity index (χ1v) is 5.03. The van der Waals surface area contributed by atoms with Crippen molar-refractivity contribution < 1.29 is 9.84 Å². The Morgan fingerprint density at radius 1 is 1.47 bits per heavy atom. The van der Waals surface area contributed by atoms with Crippen LogP contribution in [0.15, 0.2) is 18.2 Å². The molecule has 1 unspecified atom stereocenters. The van der Waals surface area contributed by atoms with Crippen LogP contribution in [0.3, 0.4) is 0 Å². The molecule has 0 spiro atoms.